The van der Waals surface area contributed by atoms with Crippen LogP contribution in [0.5, 0.6) is 5.75 Å². The zero-order valence-electron chi connectivity index (χ0n) is 28.2. The summed E-state index contributed by atoms with van der Waals surface area (Å²) >= 11 is 1.33. The number of fused-ring (bicyclic) bond motifs is 7. The maximum atomic E-state index is 14.2. The lowest BCUT2D eigenvalue weighted by Crippen LogP contribution is -2.49. The molecule has 2 amide bonds. The highest BCUT2D eigenvalue weighted by molar-refractivity contribution is 7.12. The van der Waals surface area contributed by atoms with Crippen molar-refractivity contribution < 1.29 is 23.2 Å². The predicted molar refractivity (Wildman–Crippen MR) is 194 cm³/mol. The van der Waals surface area contributed by atoms with E-state index in [0.717, 1.165) is 51.1 Å². The van der Waals surface area contributed by atoms with Crippen LogP contribution in [0.3, 0.4) is 0 Å². The first kappa shape index (κ1) is 29.8. The van der Waals surface area contributed by atoms with Crippen molar-refractivity contribution in [3.8, 4) is 28.5 Å². The Kier molecular flexibility index (Phi) is 6.04. The van der Waals surface area contributed by atoms with Gasteiger partial charge in [0, 0.05) is 34.4 Å². The number of carbonyl (C=O) groups excluding carboxylic acids is 2. The molecule has 256 valence electrons. The molecule has 0 saturated carbocycles. The first-order valence-electron chi connectivity index (χ1n) is 17.5. The maximum Gasteiger partial charge on any atom is 0.262 e. The fraction of sp³-hybridized carbons (Fsp3) is 0.220. The van der Waals surface area contributed by atoms with E-state index in [1.807, 2.05) is 37.4 Å². The number of benzene rings is 3. The van der Waals surface area contributed by atoms with Gasteiger partial charge in [-0.05, 0) is 52.1 Å². The molecule has 0 saturated heterocycles. The molecule has 4 aliphatic heterocycles. The maximum absolute atomic E-state index is 14.2. The molecule has 11 rings (SSSR count). The van der Waals surface area contributed by atoms with Crippen molar-refractivity contribution in [3.05, 3.63) is 134 Å². The van der Waals surface area contributed by atoms with Gasteiger partial charge in [0.2, 0.25) is 17.7 Å². The minimum absolute atomic E-state index is 0.124. The van der Waals surface area contributed by atoms with Crippen molar-refractivity contribution in [2.45, 2.75) is 50.4 Å². The van der Waals surface area contributed by atoms with Crippen LogP contribution in [0, 0.1) is 5.92 Å². The molecular weight excluding hydrogens is 675 g/mol. The number of amides is 2. The molecule has 2 unspecified atom stereocenters. The molecule has 1 aliphatic carbocycles. The fourth-order valence-corrected chi connectivity index (χ4v) is 9.37. The van der Waals surface area contributed by atoms with Crippen molar-refractivity contribution in [1.82, 2.24) is 20.6 Å². The number of anilines is 1. The number of hydrogen-bond acceptors (Lipinski definition) is 9. The molecule has 52 heavy (non-hydrogen) atoms. The Labute approximate surface area is 301 Å². The highest BCUT2D eigenvalue weighted by Crippen LogP contribution is 2.61. The number of ether oxygens (including phenoxy) is 1. The zero-order chi connectivity index (χ0) is 34.9. The molecule has 0 radical (unpaired) electrons. The lowest BCUT2D eigenvalue weighted by molar-refractivity contribution is -0.124. The fourth-order valence-electron chi connectivity index (χ4n) is 8.74. The smallest absolute Gasteiger partial charge is 0.262 e. The first-order chi connectivity index (χ1) is 25.4. The summed E-state index contributed by atoms with van der Waals surface area (Å²) in [6.45, 7) is 4.01. The van der Waals surface area contributed by atoms with Crippen LogP contribution in [-0.2, 0) is 23.1 Å². The monoisotopic (exact) mass is 705 g/mol. The van der Waals surface area contributed by atoms with Crippen LogP contribution in [0.4, 0.5) is 5.69 Å². The van der Waals surface area contributed by atoms with E-state index in [2.05, 4.69) is 64.5 Å². The Balaban J connectivity index is 1.20. The topological polar surface area (TPSA) is 132 Å². The number of carbonyl (C=O) groups is 2. The second-order valence-corrected chi connectivity index (χ2v) is 15.3. The van der Waals surface area contributed by atoms with Crippen molar-refractivity contribution >= 4 is 34.4 Å². The third-order valence-corrected chi connectivity index (χ3v) is 12.0. The predicted octanol–water partition coefficient (Wildman–Crippen LogP) is 7.01. The average molecular weight is 706 g/mol. The minimum atomic E-state index is -1.01. The third-order valence-electron chi connectivity index (χ3n) is 11.1. The van der Waals surface area contributed by atoms with Gasteiger partial charge in [-0.1, -0.05) is 74.5 Å². The first-order valence-corrected chi connectivity index (χ1v) is 18.4. The number of rotatable bonds is 3. The average Bonchev–Trinajstić information content (AvgIpc) is 3.99. The lowest BCUT2D eigenvalue weighted by Gasteiger charge is -2.28. The number of nitrogens with zero attached hydrogens (tertiary/aromatic N) is 2. The zero-order valence-corrected chi connectivity index (χ0v) is 29.0. The van der Waals surface area contributed by atoms with Crippen LogP contribution in [0.25, 0.3) is 28.3 Å². The molecule has 3 aromatic heterocycles. The number of oxazole rings is 2. The molecule has 1 spiro atoms. The van der Waals surface area contributed by atoms with Gasteiger partial charge in [0.15, 0.2) is 23.4 Å². The summed E-state index contributed by atoms with van der Waals surface area (Å²) in [5.41, 5.74) is 8.57. The molecule has 5 aliphatic rings. The Bertz CT molecular complexity index is 2550. The van der Waals surface area contributed by atoms with E-state index in [-0.39, 0.29) is 24.2 Å². The quantitative estimate of drug-likeness (QED) is 0.179. The van der Waals surface area contributed by atoms with Crippen LogP contribution in [-0.4, -0.2) is 34.1 Å². The van der Waals surface area contributed by atoms with Gasteiger partial charge in [-0.25, -0.2) is 9.97 Å². The van der Waals surface area contributed by atoms with E-state index >= 15 is 0 Å². The van der Waals surface area contributed by atoms with E-state index in [1.54, 1.807) is 12.3 Å². The molecule has 0 fully saturated rings. The van der Waals surface area contributed by atoms with Gasteiger partial charge >= 0.3 is 0 Å². The number of thiophene rings is 1. The second-order valence-electron chi connectivity index (χ2n) is 14.4. The van der Waals surface area contributed by atoms with Gasteiger partial charge in [-0.2, -0.15) is 0 Å². The molecule has 3 N–H and O–H groups in total. The normalized spacial score (nSPS) is 22.6. The summed E-state index contributed by atoms with van der Waals surface area (Å²) in [6.07, 6.45) is 4.41. The molecule has 10 bridgehead atoms. The van der Waals surface area contributed by atoms with Gasteiger partial charge in [0.1, 0.15) is 23.2 Å². The van der Waals surface area contributed by atoms with E-state index < -0.39 is 23.7 Å². The summed E-state index contributed by atoms with van der Waals surface area (Å²) in [5.74, 6) is 1.74. The molecule has 7 heterocycles. The van der Waals surface area contributed by atoms with Crippen LogP contribution < -0.4 is 20.7 Å². The van der Waals surface area contributed by atoms with Crippen molar-refractivity contribution in [1.29, 1.82) is 0 Å². The van der Waals surface area contributed by atoms with Gasteiger partial charge in [0.25, 0.3) is 5.91 Å². The van der Waals surface area contributed by atoms with Crippen LogP contribution in [0.15, 0.2) is 93.2 Å². The summed E-state index contributed by atoms with van der Waals surface area (Å²) in [5, 5.41) is 11.9. The third kappa shape index (κ3) is 3.94. The molecular formula is C41H31N5O5S. The molecule has 3 aromatic carbocycles. The van der Waals surface area contributed by atoms with Crippen LogP contribution in [0.2, 0.25) is 0 Å². The van der Waals surface area contributed by atoms with Gasteiger partial charge < -0.3 is 29.5 Å². The Hall–Kier alpha value is -5.94. The number of nitrogens with one attached hydrogen (secondary N) is 3. The summed E-state index contributed by atoms with van der Waals surface area (Å²) < 4.78 is 20.5. The number of aromatic nitrogens is 2. The Morgan fingerprint density at radius 2 is 1.90 bits per heavy atom. The minimum Gasteiger partial charge on any atom is -0.469 e. The van der Waals surface area contributed by atoms with E-state index in [4.69, 9.17) is 23.5 Å². The highest BCUT2D eigenvalue weighted by Gasteiger charge is 2.61. The number of hydrogen-bond donors (Lipinski definition) is 3. The van der Waals surface area contributed by atoms with Crippen molar-refractivity contribution in [3.63, 3.8) is 0 Å². The molecule has 6 aromatic rings. The largest absolute Gasteiger partial charge is 0.469 e. The van der Waals surface area contributed by atoms with Gasteiger partial charge in [-0.3, -0.25) is 9.59 Å². The molecule has 10 nitrogen and oxygen atoms in total. The van der Waals surface area contributed by atoms with Gasteiger partial charge in [0.05, 0.1) is 11.1 Å². The van der Waals surface area contributed by atoms with Crippen molar-refractivity contribution in [2.24, 2.45) is 5.92 Å². The SMILES string of the molecule is CC(C)[C@@H]1NC(=O)C(NC(=O)c2cccs2)Cc2ccc3c(c2)C24c5cccc(c5N[C@H]2O3)-c2cccc3c2C(=CC3)c2cnc(o2)-c2nc1oc24. The molecule has 4 atom stereocenters. The van der Waals surface area contributed by atoms with E-state index in [9.17, 15) is 9.59 Å². The van der Waals surface area contributed by atoms with Crippen LogP contribution >= 0.6 is 11.3 Å². The molecule has 11 heteroatoms. The van der Waals surface area contributed by atoms with E-state index in [1.165, 1.54) is 16.9 Å². The van der Waals surface area contributed by atoms with Gasteiger partial charge in [-0.15, -0.1) is 11.3 Å². The summed E-state index contributed by atoms with van der Waals surface area (Å²) in [4.78, 5) is 38.1. The Morgan fingerprint density at radius 3 is 2.77 bits per heavy atom. The highest BCUT2D eigenvalue weighted by atomic mass is 32.1. The number of allylic oxidation sites excluding steroid dienone is 1. The van der Waals surface area contributed by atoms with Crippen LogP contribution in [0.1, 0.15) is 74.8 Å². The van der Waals surface area contributed by atoms with Crippen molar-refractivity contribution in [2.75, 3.05) is 5.32 Å². The van der Waals surface area contributed by atoms with E-state index in [0.29, 0.717) is 39.6 Å². The second kappa shape index (κ2) is 10.5. The summed E-state index contributed by atoms with van der Waals surface area (Å²) in [7, 11) is 0. The Morgan fingerprint density at radius 1 is 1.02 bits per heavy atom. The summed E-state index contributed by atoms with van der Waals surface area (Å²) in [6, 6.07) is 20.9. The number of para-hydroxylation sites is 1. The lowest BCUT2D eigenvalue weighted by atomic mass is 9.72. The standard InChI is InChI=1S/C41H31N5O5S/c1-19(2)32-39-45-34-35(51-39)41-25-9-4-8-23(22-7-3-6-21-12-13-24(31(21)22)29-18-42-38(34)49-29)33(25)46-40(41)50-28-14-11-20(16-26(28)41)17-27(36(47)44-32)43-37(48)30-10-5-15-52-30/h3-11,13-16,18-19,27,32,40,46H,12,17H2,1-2H3,(H,43,48)(H,44,47)/t27?,32-,40-,41?/m0/s1.